The second-order valence-corrected chi connectivity index (χ2v) is 4.48. The number of likely N-dealkylation sites (N-methyl/N-ethyl adjacent to an activating group) is 1. The van der Waals surface area contributed by atoms with Crippen LogP contribution in [-0.2, 0) is 4.74 Å². The standard InChI is InChI=1S/C13H19N3O2/c1-15-13(17)11-4-3-9(14)7-12(11)16(2)10-5-6-18-8-10/h3-4,7,10H,5-6,8,14H2,1-2H3,(H,15,17). The predicted octanol–water partition coefficient (Wildman–Crippen LogP) is 0.853. The molecule has 18 heavy (non-hydrogen) atoms. The molecule has 1 aromatic rings. The Morgan fingerprint density at radius 3 is 2.94 bits per heavy atom. The molecule has 1 saturated heterocycles. The molecule has 98 valence electrons. The van der Waals surface area contributed by atoms with Crippen molar-refractivity contribution in [3.8, 4) is 0 Å². The summed E-state index contributed by atoms with van der Waals surface area (Å²) in [5, 5.41) is 2.65. The molecule has 0 saturated carbocycles. The molecule has 3 N–H and O–H groups in total. The van der Waals surface area contributed by atoms with Crippen LogP contribution >= 0.6 is 0 Å². The molecule has 0 spiro atoms. The van der Waals surface area contributed by atoms with Gasteiger partial charge in [-0.05, 0) is 24.6 Å². The third-order valence-electron chi connectivity index (χ3n) is 3.33. The maximum absolute atomic E-state index is 11.9. The molecule has 1 aromatic carbocycles. The maximum atomic E-state index is 11.9. The number of benzene rings is 1. The van der Waals surface area contributed by atoms with E-state index in [0.717, 1.165) is 18.7 Å². The Kier molecular flexibility index (Phi) is 3.72. The Labute approximate surface area is 107 Å². The molecule has 0 aliphatic carbocycles. The lowest BCUT2D eigenvalue weighted by Gasteiger charge is -2.27. The molecule has 1 fully saturated rings. The largest absolute Gasteiger partial charge is 0.399 e. The zero-order valence-corrected chi connectivity index (χ0v) is 10.8. The molecule has 0 bridgehead atoms. The fourth-order valence-corrected chi connectivity index (χ4v) is 2.19. The minimum absolute atomic E-state index is 0.101. The number of hydrogen-bond donors (Lipinski definition) is 2. The van der Waals surface area contributed by atoms with Gasteiger partial charge in [-0.1, -0.05) is 0 Å². The number of nitrogens with one attached hydrogen (secondary N) is 1. The van der Waals surface area contributed by atoms with E-state index >= 15 is 0 Å². The van der Waals surface area contributed by atoms with E-state index in [2.05, 4.69) is 10.2 Å². The number of nitrogens with zero attached hydrogens (tertiary/aromatic N) is 1. The van der Waals surface area contributed by atoms with Crippen molar-refractivity contribution in [2.45, 2.75) is 12.5 Å². The van der Waals surface area contributed by atoms with Crippen LogP contribution in [0, 0.1) is 0 Å². The molecular weight excluding hydrogens is 230 g/mol. The van der Waals surface area contributed by atoms with Gasteiger partial charge in [0.2, 0.25) is 0 Å². The average Bonchev–Trinajstić information content (AvgIpc) is 2.90. The highest BCUT2D eigenvalue weighted by atomic mass is 16.5. The van der Waals surface area contributed by atoms with Gasteiger partial charge in [-0.3, -0.25) is 4.79 Å². The summed E-state index contributed by atoms with van der Waals surface area (Å²) < 4.78 is 5.38. The van der Waals surface area contributed by atoms with E-state index in [0.29, 0.717) is 23.9 Å². The monoisotopic (exact) mass is 249 g/mol. The third-order valence-corrected chi connectivity index (χ3v) is 3.33. The molecule has 5 heteroatoms. The van der Waals surface area contributed by atoms with E-state index in [1.807, 2.05) is 13.1 Å². The van der Waals surface area contributed by atoms with Crippen LogP contribution in [0.5, 0.6) is 0 Å². The number of ether oxygens (including phenoxy) is 1. The highest BCUT2D eigenvalue weighted by Crippen LogP contribution is 2.26. The molecule has 1 amide bonds. The zero-order valence-electron chi connectivity index (χ0n) is 10.8. The van der Waals surface area contributed by atoms with Gasteiger partial charge in [0.25, 0.3) is 5.91 Å². The zero-order chi connectivity index (χ0) is 13.1. The Morgan fingerprint density at radius 2 is 2.33 bits per heavy atom. The van der Waals surface area contributed by atoms with Crippen molar-refractivity contribution in [2.75, 3.05) is 37.9 Å². The second kappa shape index (κ2) is 5.27. The number of hydrogen-bond acceptors (Lipinski definition) is 4. The topological polar surface area (TPSA) is 67.6 Å². The Bertz CT molecular complexity index is 442. The fraction of sp³-hybridized carbons (Fsp3) is 0.462. The quantitative estimate of drug-likeness (QED) is 0.779. The van der Waals surface area contributed by atoms with E-state index in [4.69, 9.17) is 10.5 Å². The van der Waals surface area contributed by atoms with E-state index in [9.17, 15) is 4.79 Å². The van der Waals surface area contributed by atoms with Crippen LogP contribution in [-0.4, -0.2) is 39.3 Å². The fourth-order valence-electron chi connectivity index (χ4n) is 2.19. The average molecular weight is 249 g/mol. The van der Waals surface area contributed by atoms with Crippen molar-refractivity contribution in [2.24, 2.45) is 0 Å². The predicted molar refractivity (Wildman–Crippen MR) is 71.9 cm³/mol. The van der Waals surface area contributed by atoms with E-state index in [1.54, 1.807) is 19.2 Å². The van der Waals surface area contributed by atoms with Crippen LogP contribution in [0.1, 0.15) is 16.8 Å². The summed E-state index contributed by atoms with van der Waals surface area (Å²) in [7, 11) is 3.60. The van der Waals surface area contributed by atoms with Crippen molar-refractivity contribution >= 4 is 17.3 Å². The summed E-state index contributed by atoms with van der Waals surface area (Å²) >= 11 is 0. The number of carbonyl (C=O) groups excluding carboxylic acids is 1. The van der Waals surface area contributed by atoms with Gasteiger partial charge in [0.1, 0.15) is 0 Å². The minimum Gasteiger partial charge on any atom is -0.399 e. The highest BCUT2D eigenvalue weighted by molar-refractivity contribution is 6.00. The van der Waals surface area contributed by atoms with Gasteiger partial charge in [-0.2, -0.15) is 0 Å². The molecule has 0 radical (unpaired) electrons. The first kappa shape index (κ1) is 12.7. The molecule has 1 atom stereocenters. The summed E-state index contributed by atoms with van der Waals surface area (Å²) in [5.41, 5.74) is 7.96. The first-order chi connectivity index (χ1) is 8.63. The van der Waals surface area contributed by atoms with Crippen LogP contribution < -0.4 is 16.0 Å². The minimum atomic E-state index is -0.101. The first-order valence-corrected chi connectivity index (χ1v) is 6.05. The van der Waals surface area contributed by atoms with Crippen molar-refractivity contribution in [1.29, 1.82) is 0 Å². The molecule has 0 aromatic heterocycles. The van der Waals surface area contributed by atoms with Crippen LogP contribution in [0.25, 0.3) is 0 Å². The summed E-state index contributed by atoms with van der Waals surface area (Å²) in [4.78, 5) is 13.9. The van der Waals surface area contributed by atoms with Gasteiger partial charge in [-0.25, -0.2) is 0 Å². The maximum Gasteiger partial charge on any atom is 0.253 e. The lowest BCUT2D eigenvalue weighted by molar-refractivity contribution is 0.0963. The Morgan fingerprint density at radius 1 is 1.56 bits per heavy atom. The van der Waals surface area contributed by atoms with Crippen molar-refractivity contribution in [3.63, 3.8) is 0 Å². The lowest BCUT2D eigenvalue weighted by atomic mass is 10.1. The third kappa shape index (κ3) is 2.41. The van der Waals surface area contributed by atoms with Crippen LogP contribution in [0.4, 0.5) is 11.4 Å². The van der Waals surface area contributed by atoms with Crippen LogP contribution in [0.2, 0.25) is 0 Å². The van der Waals surface area contributed by atoms with Gasteiger partial charge >= 0.3 is 0 Å². The van der Waals surface area contributed by atoms with Crippen molar-refractivity contribution in [1.82, 2.24) is 5.32 Å². The molecule has 1 unspecified atom stereocenters. The lowest BCUT2D eigenvalue weighted by Crippen LogP contribution is -2.34. The number of nitrogens with two attached hydrogens (primary N) is 1. The summed E-state index contributed by atoms with van der Waals surface area (Å²) in [6.07, 6.45) is 0.971. The summed E-state index contributed by atoms with van der Waals surface area (Å²) in [6, 6.07) is 5.64. The number of nitrogen functional groups attached to an aromatic ring is 1. The molecule has 5 nitrogen and oxygen atoms in total. The van der Waals surface area contributed by atoms with Crippen molar-refractivity contribution in [3.05, 3.63) is 23.8 Å². The highest BCUT2D eigenvalue weighted by Gasteiger charge is 2.23. The SMILES string of the molecule is CNC(=O)c1ccc(N)cc1N(C)C1CCOC1. The summed E-state index contributed by atoms with van der Waals surface area (Å²) in [5.74, 6) is -0.101. The Hall–Kier alpha value is -1.75. The normalized spacial score (nSPS) is 18.7. The molecular formula is C13H19N3O2. The van der Waals surface area contributed by atoms with Crippen LogP contribution in [0.15, 0.2) is 18.2 Å². The smallest absolute Gasteiger partial charge is 0.253 e. The number of anilines is 2. The van der Waals surface area contributed by atoms with Gasteiger partial charge in [0, 0.05) is 26.4 Å². The molecule has 1 heterocycles. The van der Waals surface area contributed by atoms with E-state index in [-0.39, 0.29) is 5.91 Å². The van der Waals surface area contributed by atoms with E-state index < -0.39 is 0 Å². The summed E-state index contributed by atoms with van der Waals surface area (Å²) in [6.45, 7) is 1.46. The Balaban J connectivity index is 2.34. The molecule has 1 aliphatic heterocycles. The second-order valence-electron chi connectivity index (χ2n) is 4.48. The molecule has 1 aliphatic rings. The first-order valence-electron chi connectivity index (χ1n) is 6.05. The van der Waals surface area contributed by atoms with Gasteiger partial charge in [-0.15, -0.1) is 0 Å². The van der Waals surface area contributed by atoms with E-state index in [1.165, 1.54) is 0 Å². The van der Waals surface area contributed by atoms with Crippen LogP contribution in [0.3, 0.4) is 0 Å². The molecule has 2 rings (SSSR count). The van der Waals surface area contributed by atoms with Gasteiger partial charge in [0.15, 0.2) is 0 Å². The number of amides is 1. The van der Waals surface area contributed by atoms with Gasteiger partial charge in [0.05, 0.1) is 23.9 Å². The number of rotatable bonds is 3. The van der Waals surface area contributed by atoms with Crippen molar-refractivity contribution < 1.29 is 9.53 Å². The number of carbonyl (C=O) groups is 1. The van der Waals surface area contributed by atoms with Gasteiger partial charge < -0.3 is 20.7 Å².